The van der Waals surface area contributed by atoms with E-state index < -0.39 is 0 Å². The Kier molecular flexibility index (Phi) is 3.75. The van der Waals surface area contributed by atoms with E-state index in [1.807, 2.05) is 11.3 Å². The van der Waals surface area contributed by atoms with Gasteiger partial charge < -0.3 is 14.6 Å². The molecule has 4 rings (SSSR count). The molecule has 1 aliphatic heterocycles. The Morgan fingerprint density at radius 3 is 3.10 bits per heavy atom. The van der Waals surface area contributed by atoms with Gasteiger partial charge in [0, 0.05) is 11.4 Å². The van der Waals surface area contributed by atoms with E-state index in [-0.39, 0.29) is 6.04 Å². The lowest BCUT2D eigenvalue weighted by Gasteiger charge is -2.20. The topological polar surface area (TPSA) is 60.2 Å². The van der Waals surface area contributed by atoms with Crippen LogP contribution in [0.25, 0.3) is 10.8 Å². The molecule has 6 heteroatoms. The fourth-order valence-electron chi connectivity index (χ4n) is 2.98. The first-order chi connectivity index (χ1) is 10.4. The van der Waals surface area contributed by atoms with Crippen LogP contribution in [0.4, 0.5) is 0 Å². The zero-order chi connectivity index (χ0) is 14.1. The Labute approximate surface area is 127 Å². The van der Waals surface area contributed by atoms with Crippen LogP contribution in [0.15, 0.2) is 10.6 Å². The summed E-state index contributed by atoms with van der Waals surface area (Å²) in [5.41, 5.74) is 1.48. The van der Waals surface area contributed by atoms with E-state index in [1.165, 1.54) is 42.5 Å². The van der Waals surface area contributed by atoms with E-state index >= 15 is 0 Å². The highest BCUT2D eigenvalue weighted by atomic mass is 32.1. The number of aromatic nitrogens is 2. The Bertz CT molecular complexity index is 593. The fourth-order valence-corrected chi connectivity index (χ4v) is 4.16. The molecule has 0 radical (unpaired) electrons. The van der Waals surface area contributed by atoms with Crippen LogP contribution < -0.4 is 5.32 Å². The maximum Gasteiger partial charge on any atom is 0.268 e. The van der Waals surface area contributed by atoms with Gasteiger partial charge in [0.2, 0.25) is 0 Å². The summed E-state index contributed by atoms with van der Waals surface area (Å²) in [5, 5.41) is 7.47. The summed E-state index contributed by atoms with van der Waals surface area (Å²) in [6.45, 7) is 2.20. The molecule has 1 fully saturated rings. The number of hydrogen-bond acceptors (Lipinski definition) is 6. The highest BCUT2D eigenvalue weighted by Crippen LogP contribution is 2.34. The van der Waals surface area contributed by atoms with Gasteiger partial charge >= 0.3 is 0 Å². The summed E-state index contributed by atoms with van der Waals surface area (Å²) in [4.78, 5) is 7.17. The number of nitrogens with zero attached hydrogens (tertiary/aromatic N) is 2. The third-order valence-electron chi connectivity index (χ3n) is 4.13. The maximum absolute atomic E-state index is 5.47. The van der Waals surface area contributed by atoms with Gasteiger partial charge in [-0.25, -0.2) is 0 Å². The molecule has 1 atom stereocenters. The SMILES string of the molecule is c1c(-c2nc(C3COCCN3)no2)sc2c1CCCCC2. The van der Waals surface area contributed by atoms with Crippen molar-refractivity contribution in [3.63, 3.8) is 0 Å². The lowest BCUT2D eigenvalue weighted by Crippen LogP contribution is -2.35. The van der Waals surface area contributed by atoms with Crippen LogP contribution in [0.5, 0.6) is 0 Å². The molecule has 5 nitrogen and oxygen atoms in total. The van der Waals surface area contributed by atoms with Crippen LogP contribution in [0.1, 0.15) is 41.6 Å². The van der Waals surface area contributed by atoms with Crippen molar-refractivity contribution < 1.29 is 9.26 Å². The van der Waals surface area contributed by atoms with Crippen LogP contribution in [-0.2, 0) is 17.6 Å². The second kappa shape index (κ2) is 5.87. The first kappa shape index (κ1) is 13.4. The summed E-state index contributed by atoms with van der Waals surface area (Å²) >= 11 is 1.81. The second-order valence-corrected chi connectivity index (χ2v) is 6.80. The molecule has 1 unspecified atom stereocenters. The molecule has 0 saturated carbocycles. The number of aryl methyl sites for hydroxylation is 2. The van der Waals surface area contributed by atoms with Crippen molar-refractivity contribution in [1.29, 1.82) is 0 Å². The van der Waals surface area contributed by atoms with Gasteiger partial charge in [-0.2, -0.15) is 4.98 Å². The summed E-state index contributed by atoms with van der Waals surface area (Å²) in [6.07, 6.45) is 6.31. The molecule has 1 saturated heterocycles. The number of nitrogens with one attached hydrogen (secondary N) is 1. The number of fused-ring (bicyclic) bond motifs is 1. The number of ether oxygens (including phenoxy) is 1. The average molecular weight is 305 g/mol. The highest BCUT2D eigenvalue weighted by molar-refractivity contribution is 7.15. The molecule has 3 heterocycles. The molecule has 0 bridgehead atoms. The normalized spacial score (nSPS) is 22.8. The quantitative estimate of drug-likeness (QED) is 0.865. The van der Waals surface area contributed by atoms with Crippen molar-refractivity contribution in [1.82, 2.24) is 15.5 Å². The van der Waals surface area contributed by atoms with Gasteiger partial charge in [0.25, 0.3) is 5.89 Å². The van der Waals surface area contributed by atoms with E-state index in [1.54, 1.807) is 0 Å². The Hall–Kier alpha value is -1.24. The van der Waals surface area contributed by atoms with Gasteiger partial charge in [0.1, 0.15) is 0 Å². The fraction of sp³-hybridized carbons (Fsp3) is 0.600. The molecular formula is C15H19N3O2S. The molecule has 21 heavy (non-hydrogen) atoms. The van der Waals surface area contributed by atoms with E-state index in [4.69, 9.17) is 9.26 Å². The summed E-state index contributed by atoms with van der Waals surface area (Å²) in [7, 11) is 0. The molecule has 0 aromatic carbocycles. The molecule has 1 aliphatic carbocycles. The molecule has 2 aromatic rings. The monoisotopic (exact) mass is 305 g/mol. The maximum atomic E-state index is 5.47. The Morgan fingerprint density at radius 1 is 1.24 bits per heavy atom. The minimum absolute atomic E-state index is 0.0500. The van der Waals surface area contributed by atoms with Crippen molar-refractivity contribution in [3.8, 4) is 10.8 Å². The standard InChI is InChI=1S/C15H19N3O2S/c1-2-4-10-8-13(21-12(10)5-3-1)15-17-14(18-20-15)11-9-19-7-6-16-11/h8,11,16H,1-7,9H2. The third kappa shape index (κ3) is 2.75. The second-order valence-electron chi connectivity index (χ2n) is 5.66. The summed E-state index contributed by atoms with van der Waals surface area (Å²) in [6, 6.07) is 2.29. The van der Waals surface area contributed by atoms with Gasteiger partial charge in [-0.1, -0.05) is 11.6 Å². The van der Waals surface area contributed by atoms with E-state index in [9.17, 15) is 0 Å². The predicted octanol–water partition coefficient (Wildman–Crippen LogP) is 2.73. The van der Waals surface area contributed by atoms with Gasteiger partial charge in [-0.15, -0.1) is 11.3 Å². The number of morpholine rings is 1. The van der Waals surface area contributed by atoms with Gasteiger partial charge in [-0.05, 0) is 37.3 Å². The lowest BCUT2D eigenvalue weighted by atomic mass is 10.1. The zero-order valence-electron chi connectivity index (χ0n) is 11.9. The van der Waals surface area contributed by atoms with Crippen molar-refractivity contribution >= 4 is 11.3 Å². The van der Waals surface area contributed by atoms with Crippen LogP contribution in [0.2, 0.25) is 0 Å². The highest BCUT2D eigenvalue weighted by Gasteiger charge is 2.23. The van der Waals surface area contributed by atoms with Crippen LogP contribution in [0, 0.1) is 0 Å². The van der Waals surface area contributed by atoms with Crippen molar-refractivity contribution in [2.45, 2.75) is 38.1 Å². The number of thiophene rings is 1. The molecular weight excluding hydrogens is 286 g/mol. The average Bonchev–Trinajstić information content (AvgIpc) is 3.11. The zero-order valence-corrected chi connectivity index (χ0v) is 12.7. The van der Waals surface area contributed by atoms with Crippen molar-refractivity contribution in [2.75, 3.05) is 19.8 Å². The minimum atomic E-state index is 0.0500. The van der Waals surface area contributed by atoms with Crippen molar-refractivity contribution in [3.05, 3.63) is 22.3 Å². The van der Waals surface area contributed by atoms with Crippen LogP contribution in [0.3, 0.4) is 0 Å². The Balaban J connectivity index is 1.57. The third-order valence-corrected chi connectivity index (χ3v) is 5.36. The summed E-state index contributed by atoms with van der Waals surface area (Å²) < 4.78 is 10.9. The van der Waals surface area contributed by atoms with E-state index in [2.05, 4.69) is 21.5 Å². The molecule has 112 valence electrons. The molecule has 2 aliphatic rings. The number of rotatable bonds is 2. The Morgan fingerprint density at radius 2 is 2.19 bits per heavy atom. The van der Waals surface area contributed by atoms with Crippen LogP contribution in [-0.4, -0.2) is 29.9 Å². The largest absolute Gasteiger partial charge is 0.378 e. The van der Waals surface area contributed by atoms with Gasteiger partial charge in [0.15, 0.2) is 5.82 Å². The molecule has 0 amide bonds. The first-order valence-corrected chi connectivity index (χ1v) is 8.48. The number of hydrogen-bond donors (Lipinski definition) is 1. The van der Waals surface area contributed by atoms with Gasteiger partial charge in [-0.3, -0.25) is 0 Å². The first-order valence-electron chi connectivity index (χ1n) is 7.67. The lowest BCUT2D eigenvalue weighted by molar-refractivity contribution is 0.0734. The molecule has 0 spiro atoms. The molecule has 2 aromatic heterocycles. The van der Waals surface area contributed by atoms with Gasteiger partial charge in [0.05, 0.1) is 24.1 Å². The minimum Gasteiger partial charge on any atom is -0.378 e. The van der Waals surface area contributed by atoms with Crippen molar-refractivity contribution in [2.24, 2.45) is 0 Å². The smallest absolute Gasteiger partial charge is 0.268 e. The van der Waals surface area contributed by atoms with Crippen LogP contribution >= 0.6 is 11.3 Å². The molecule has 1 N–H and O–H groups in total. The summed E-state index contributed by atoms with van der Waals surface area (Å²) in [5.74, 6) is 1.35. The van der Waals surface area contributed by atoms with E-state index in [0.29, 0.717) is 18.3 Å². The van der Waals surface area contributed by atoms with E-state index in [0.717, 1.165) is 18.0 Å². The predicted molar refractivity (Wildman–Crippen MR) is 80.4 cm³/mol.